The third kappa shape index (κ3) is 3.17. The number of esters is 1. The lowest BCUT2D eigenvalue weighted by Crippen LogP contribution is -2.25. The Morgan fingerprint density at radius 1 is 1.19 bits per heavy atom. The molecule has 0 heterocycles. The van der Waals surface area contributed by atoms with Gasteiger partial charge in [-0.1, -0.05) is 45.8 Å². The number of halogens is 1. The summed E-state index contributed by atoms with van der Waals surface area (Å²) in [6.07, 6.45) is 0. The first kappa shape index (κ1) is 19.6. The van der Waals surface area contributed by atoms with E-state index in [9.17, 15) is 18.5 Å². The molecule has 7 heteroatoms. The molecule has 0 amide bonds. The number of benzene rings is 2. The number of nitriles is 1. The average molecular weight is 448 g/mol. The zero-order valence-corrected chi connectivity index (χ0v) is 17.2. The molecule has 0 radical (unpaired) electrons. The molecule has 3 rings (SSSR count). The fourth-order valence-corrected chi connectivity index (χ4v) is 5.94. The lowest BCUT2D eigenvalue weighted by molar-refractivity contribution is -0.147. The first-order valence-corrected chi connectivity index (χ1v) is 10.8. The van der Waals surface area contributed by atoms with Gasteiger partial charge in [0.25, 0.3) is 0 Å². The zero-order valence-electron chi connectivity index (χ0n) is 14.8. The lowest BCUT2D eigenvalue weighted by atomic mass is 10.0. The molecule has 140 valence electrons. The molecule has 27 heavy (non-hydrogen) atoms. The highest BCUT2D eigenvalue weighted by Crippen LogP contribution is 2.64. The highest BCUT2D eigenvalue weighted by molar-refractivity contribution is 9.10. The number of nitrogens with zero attached hydrogens (tertiary/aromatic N) is 1. The Morgan fingerprint density at radius 3 is 2.30 bits per heavy atom. The van der Waals surface area contributed by atoms with Crippen LogP contribution in [0.4, 0.5) is 0 Å². The monoisotopic (exact) mass is 447 g/mol. The minimum Gasteiger partial charge on any atom is -0.465 e. The molecule has 1 aliphatic rings. The fourth-order valence-electron chi connectivity index (χ4n) is 3.43. The summed E-state index contributed by atoms with van der Waals surface area (Å²) in [5, 5.41) is 8.66. The van der Waals surface area contributed by atoms with Gasteiger partial charge in [0.1, 0.15) is 5.25 Å². The number of carbonyl (C=O) groups excluding carboxylic acids is 1. The van der Waals surface area contributed by atoms with E-state index in [1.54, 1.807) is 43.3 Å². The summed E-state index contributed by atoms with van der Waals surface area (Å²) in [7, 11) is -3.91. The molecule has 2 aromatic rings. The van der Waals surface area contributed by atoms with Gasteiger partial charge in [-0.3, -0.25) is 4.79 Å². The Hall–Kier alpha value is -2.17. The van der Waals surface area contributed by atoms with Crippen LogP contribution in [0.2, 0.25) is 0 Å². The molecule has 1 fully saturated rings. The van der Waals surface area contributed by atoms with E-state index in [0.29, 0.717) is 5.56 Å². The van der Waals surface area contributed by atoms with E-state index in [1.165, 1.54) is 12.1 Å². The second-order valence-corrected chi connectivity index (χ2v) is 9.49. The number of hydrogen-bond donors (Lipinski definition) is 0. The molecule has 0 aromatic heterocycles. The van der Waals surface area contributed by atoms with Crippen molar-refractivity contribution in [3.63, 3.8) is 0 Å². The lowest BCUT2D eigenvalue weighted by Gasteiger charge is -2.09. The fraction of sp³-hybridized carbons (Fsp3) is 0.300. The predicted molar refractivity (Wildman–Crippen MR) is 104 cm³/mol. The standard InChI is InChI=1S/C20H18BrNO4S/c1-3-26-19(23)20(12-22)17(14-6-8-15(21)9-7-14)18(20)27(24,25)16-10-4-13(2)5-11-16/h4-11,17-18H,3H2,1-2H3/t17-,18-,20-/m0/s1. The summed E-state index contributed by atoms with van der Waals surface area (Å²) < 4.78 is 32.4. The topological polar surface area (TPSA) is 84.2 Å². The van der Waals surface area contributed by atoms with E-state index in [2.05, 4.69) is 15.9 Å². The van der Waals surface area contributed by atoms with Crippen LogP contribution >= 0.6 is 15.9 Å². The highest BCUT2D eigenvalue weighted by Gasteiger charge is 2.77. The molecule has 3 atom stereocenters. The molecule has 5 nitrogen and oxygen atoms in total. The number of rotatable bonds is 5. The summed E-state index contributed by atoms with van der Waals surface area (Å²) in [5.41, 5.74) is -0.201. The Bertz CT molecular complexity index is 1010. The quantitative estimate of drug-likeness (QED) is 0.651. The van der Waals surface area contributed by atoms with E-state index >= 15 is 0 Å². The average Bonchev–Trinajstić information content (AvgIpc) is 3.34. The van der Waals surface area contributed by atoms with Gasteiger partial charge in [-0.2, -0.15) is 5.26 Å². The van der Waals surface area contributed by atoms with Gasteiger partial charge in [0, 0.05) is 10.4 Å². The third-order valence-electron chi connectivity index (χ3n) is 4.84. The van der Waals surface area contributed by atoms with Crippen LogP contribution in [0.5, 0.6) is 0 Å². The number of sulfone groups is 1. The maximum absolute atomic E-state index is 13.3. The molecule has 1 saturated carbocycles. The van der Waals surface area contributed by atoms with Crippen molar-refractivity contribution in [3.05, 3.63) is 64.1 Å². The van der Waals surface area contributed by atoms with Crippen molar-refractivity contribution in [1.82, 2.24) is 0 Å². The molecule has 0 unspecified atom stereocenters. The Kier molecular flexibility index (Phi) is 5.15. The Balaban J connectivity index is 2.12. The molecule has 0 spiro atoms. The van der Waals surface area contributed by atoms with Gasteiger partial charge in [-0.05, 0) is 43.7 Å². The normalized spacial score (nSPS) is 24.1. The van der Waals surface area contributed by atoms with Crippen LogP contribution in [0.25, 0.3) is 0 Å². The van der Waals surface area contributed by atoms with E-state index in [1.807, 2.05) is 13.0 Å². The zero-order chi connectivity index (χ0) is 19.8. The van der Waals surface area contributed by atoms with Crippen LogP contribution in [-0.4, -0.2) is 26.2 Å². The molecule has 0 bridgehead atoms. The van der Waals surface area contributed by atoms with Crippen molar-refractivity contribution in [3.8, 4) is 6.07 Å². The van der Waals surface area contributed by atoms with E-state index in [-0.39, 0.29) is 11.5 Å². The van der Waals surface area contributed by atoms with Crippen molar-refractivity contribution in [1.29, 1.82) is 5.26 Å². The summed E-state index contributed by atoms with van der Waals surface area (Å²) >= 11 is 3.34. The predicted octanol–water partition coefficient (Wildman–Crippen LogP) is 3.77. The first-order chi connectivity index (χ1) is 12.8. The second-order valence-electron chi connectivity index (χ2n) is 6.51. The van der Waals surface area contributed by atoms with Crippen molar-refractivity contribution in [2.45, 2.75) is 29.9 Å². The van der Waals surface area contributed by atoms with E-state index < -0.39 is 32.4 Å². The third-order valence-corrected chi connectivity index (χ3v) is 7.61. The maximum atomic E-state index is 13.3. The van der Waals surface area contributed by atoms with Gasteiger partial charge in [0.05, 0.1) is 17.6 Å². The van der Waals surface area contributed by atoms with E-state index in [4.69, 9.17) is 4.74 Å². The highest BCUT2D eigenvalue weighted by atomic mass is 79.9. The largest absolute Gasteiger partial charge is 0.465 e. The van der Waals surface area contributed by atoms with Gasteiger partial charge < -0.3 is 4.74 Å². The van der Waals surface area contributed by atoms with Crippen molar-refractivity contribution in [2.24, 2.45) is 5.41 Å². The van der Waals surface area contributed by atoms with Crippen LogP contribution in [0.3, 0.4) is 0 Å². The van der Waals surface area contributed by atoms with Gasteiger partial charge in [0.15, 0.2) is 15.3 Å². The number of ether oxygens (including phenoxy) is 1. The first-order valence-electron chi connectivity index (χ1n) is 8.43. The molecule has 1 aliphatic carbocycles. The summed E-state index contributed by atoms with van der Waals surface area (Å²) in [6.45, 7) is 3.56. The second kappa shape index (κ2) is 7.10. The molecule has 0 N–H and O–H groups in total. The maximum Gasteiger partial charge on any atom is 0.328 e. The van der Waals surface area contributed by atoms with Crippen LogP contribution in [0.1, 0.15) is 24.0 Å². The van der Waals surface area contributed by atoms with E-state index in [0.717, 1.165) is 10.0 Å². The number of carbonyl (C=O) groups is 1. The smallest absolute Gasteiger partial charge is 0.328 e. The minimum absolute atomic E-state index is 0.0760. The van der Waals surface area contributed by atoms with Crippen molar-refractivity contribution < 1.29 is 17.9 Å². The molecule has 2 aromatic carbocycles. The molecular weight excluding hydrogens is 430 g/mol. The van der Waals surface area contributed by atoms with Gasteiger partial charge in [-0.25, -0.2) is 8.42 Å². The molecule has 0 aliphatic heterocycles. The van der Waals surface area contributed by atoms with Crippen molar-refractivity contribution >= 4 is 31.7 Å². The Labute approximate surface area is 167 Å². The van der Waals surface area contributed by atoms with Gasteiger partial charge in [-0.15, -0.1) is 0 Å². The van der Waals surface area contributed by atoms with Gasteiger partial charge >= 0.3 is 5.97 Å². The van der Waals surface area contributed by atoms with Crippen molar-refractivity contribution in [2.75, 3.05) is 6.61 Å². The molecule has 0 saturated heterocycles. The number of aryl methyl sites for hydroxylation is 1. The summed E-state index contributed by atoms with van der Waals surface area (Å²) in [4.78, 5) is 12.7. The summed E-state index contributed by atoms with van der Waals surface area (Å²) in [6, 6.07) is 15.4. The SMILES string of the molecule is CCOC(=O)[C@@]1(C#N)[C@@H](c2ccc(Br)cc2)[C@@H]1S(=O)(=O)c1ccc(C)cc1. The molecular formula is C20H18BrNO4S. The summed E-state index contributed by atoms with van der Waals surface area (Å²) in [5.74, 6) is -1.57. The van der Waals surface area contributed by atoms with Crippen LogP contribution in [0.15, 0.2) is 57.9 Å². The van der Waals surface area contributed by atoms with Crippen LogP contribution < -0.4 is 0 Å². The number of hydrogen-bond acceptors (Lipinski definition) is 5. The minimum atomic E-state index is -3.91. The van der Waals surface area contributed by atoms with Crippen LogP contribution in [0, 0.1) is 23.7 Å². The van der Waals surface area contributed by atoms with Crippen LogP contribution in [-0.2, 0) is 19.4 Å². The Morgan fingerprint density at radius 2 is 1.78 bits per heavy atom. The van der Waals surface area contributed by atoms with Gasteiger partial charge in [0.2, 0.25) is 0 Å².